The number of aliphatic carboxylic acids is 1. The van der Waals surface area contributed by atoms with Gasteiger partial charge in [0.15, 0.2) is 0 Å². The van der Waals surface area contributed by atoms with Crippen molar-refractivity contribution in [3.8, 4) is 11.1 Å². The number of para-hydroxylation sites is 1. The van der Waals surface area contributed by atoms with Crippen molar-refractivity contribution in [2.75, 3.05) is 5.73 Å². The van der Waals surface area contributed by atoms with Crippen molar-refractivity contribution in [1.82, 2.24) is 9.97 Å². The molecule has 4 rings (SSSR count). The molecule has 4 aromatic rings. The number of anilines is 1. The minimum atomic E-state index is -0.745. The Bertz CT molecular complexity index is 1140. The Balaban J connectivity index is 0.000000349. The molecule has 6 nitrogen and oxygen atoms in total. The molecule has 0 unspecified atom stereocenters. The SMILES string of the molecule is CCC(=O)O.Nc1ccccc1-c1ccc2[nH]c(=O)c3[nH]ccc3c2c1. The molecule has 5 N–H and O–H groups in total. The van der Waals surface area contributed by atoms with Crippen molar-refractivity contribution in [2.45, 2.75) is 13.3 Å². The molecule has 2 heterocycles. The van der Waals surface area contributed by atoms with Crippen LogP contribution in [0.25, 0.3) is 32.9 Å². The summed E-state index contributed by atoms with van der Waals surface area (Å²) in [5, 5.41) is 9.65. The number of nitrogen functional groups attached to an aromatic ring is 1. The van der Waals surface area contributed by atoms with E-state index in [-0.39, 0.29) is 12.0 Å². The lowest BCUT2D eigenvalue weighted by Gasteiger charge is -2.07. The zero-order chi connectivity index (χ0) is 18.7. The molecule has 0 atom stereocenters. The largest absolute Gasteiger partial charge is 0.481 e. The lowest BCUT2D eigenvalue weighted by Crippen LogP contribution is -2.06. The molecule has 26 heavy (non-hydrogen) atoms. The topological polar surface area (TPSA) is 112 Å². The van der Waals surface area contributed by atoms with Crippen molar-refractivity contribution >= 4 is 33.5 Å². The van der Waals surface area contributed by atoms with Crippen LogP contribution in [0.3, 0.4) is 0 Å². The van der Waals surface area contributed by atoms with Gasteiger partial charge in [-0.3, -0.25) is 9.59 Å². The predicted octanol–water partition coefficient (Wildman–Crippen LogP) is 3.74. The Morgan fingerprint density at radius 1 is 1.12 bits per heavy atom. The van der Waals surface area contributed by atoms with Gasteiger partial charge in [0.05, 0.1) is 0 Å². The van der Waals surface area contributed by atoms with Crippen molar-refractivity contribution in [2.24, 2.45) is 0 Å². The van der Waals surface area contributed by atoms with Crippen LogP contribution in [-0.2, 0) is 4.79 Å². The number of H-pyrrole nitrogens is 2. The van der Waals surface area contributed by atoms with Gasteiger partial charge in [0.25, 0.3) is 5.56 Å². The van der Waals surface area contributed by atoms with Gasteiger partial charge in [0.1, 0.15) is 5.52 Å². The number of nitrogens with two attached hydrogens (primary N) is 1. The number of rotatable bonds is 2. The van der Waals surface area contributed by atoms with Crippen LogP contribution in [0.2, 0.25) is 0 Å². The third-order valence-electron chi connectivity index (χ3n) is 4.11. The molecule has 0 aliphatic heterocycles. The summed E-state index contributed by atoms with van der Waals surface area (Å²) in [6.07, 6.45) is 2.00. The average molecular weight is 349 g/mol. The van der Waals surface area contributed by atoms with E-state index in [0.717, 1.165) is 33.1 Å². The van der Waals surface area contributed by atoms with E-state index in [1.807, 2.05) is 42.5 Å². The zero-order valence-electron chi connectivity index (χ0n) is 14.2. The maximum absolute atomic E-state index is 12.0. The fourth-order valence-electron chi connectivity index (χ4n) is 2.77. The van der Waals surface area contributed by atoms with E-state index in [4.69, 9.17) is 10.8 Å². The van der Waals surface area contributed by atoms with Crippen molar-refractivity contribution in [3.63, 3.8) is 0 Å². The first-order chi connectivity index (χ1) is 12.5. The van der Waals surface area contributed by atoms with Crippen LogP contribution in [0.5, 0.6) is 0 Å². The van der Waals surface area contributed by atoms with E-state index < -0.39 is 5.97 Å². The molecule has 0 spiro atoms. The minimum absolute atomic E-state index is 0.102. The van der Waals surface area contributed by atoms with E-state index >= 15 is 0 Å². The second-order valence-corrected chi connectivity index (χ2v) is 5.82. The van der Waals surface area contributed by atoms with E-state index in [9.17, 15) is 9.59 Å². The quantitative estimate of drug-likeness (QED) is 0.413. The van der Waals surface area contributed by atoms with Crippen molar-refractivity contribution in [1.29, 1.82) is 0 Å². The van der Waals surface area contributed by atoms with E-state index in [0.29, 0.717) is 5.52 Å². The molecule has 6 heteroatoms. The zero-order valence-corrected chi connectivity index (χ0v) is 14.2. The van der Waals surface area contributed by atoms with Crippen LogP contribution in [0.4, 0.5) is 5.69 Å². The number of fused-ring (bicyclic) bond motifs is 3. The summed E-state index contributed by atoms with van der Waals surface area (Å²) < 4.78 is 0. The smallest absolute Gasteiger partial charge is 0.303 e. The molecule has 0 fully saturated rings. The number of carboxylic acid groups (broad SMARTS) is 1. The first-order valence-electron chi connectivity index (χ1n) is 8.21. The van der Waals surface area contributed by atoms with Gasteiger partial charge in [0.2, 0.25) is 0 Å². The molecule has 0 bridgehead atoms. The van der Waals surface area contributed by atoms with Crippen molar-refractivity contribution in [3.05, 3.63) is 65.1 Å². The van der Waals surface area contributed by atoms with Gasteiger partial charge in [-0.25, -0.2) is 0 Å². The average Bonchev–Trinajstić information content (AvgIpc) is 3.13. The van der Waals surface area contributed by atoms with Crippen LogP contribution in [0, 0.1) is 0 Å². The van der Waals surface area contributed by atoms with E-state index in [1.54, 1.807) is 13.1 Å². The van der Waals surface area contributed by atoms with Gasteiger partial charge in [-0.05, 0) is 29.8 Å². The standard InChI is InChI=1S/C17H13N3O.C3H6O2/c18-14-4-2-1-3-11(14)10-5-6-15-13(9-10)12-7-8-19-16(12)17(21)20-15;1-2-3(4)5/h1-9,19H,18H2,(H,20,21);2H2,1H3,(H,4,5). The van der Waals surface area contributed by atoms with Gasteiger partial charge in [-0.15, -0.1) is 0 Å². The van der Waals surface area contributed by atoms with Crippen LogP contribution >= 0.6 is 0 Å². The fourth-order valence-corrected chi connectivity index (χ4v) is 2.77. The third kappa shape index (κ3) is 3.30. The maximum Gasteiger partial charge on any atom is 0.303 e. The summed E-state index contributed by atoms with van der Waals surface area (Å²) in [5.41, 5.74) is 10.1. The number of nitrogens with one attached hydrogen (secondary N) is 2. The Kier molecular flexibility index (Phi) is 4.75. The predicted molar refractivity (Wildman–Crippen MR) is 104 cm³/mol. The molecule has 0 aliphatic rings. The normalized spacial score (nSPS) is 10.5. The monoisotopic (exact) mass is 349 g/mol. The molecule has 2 aromatic heterocycles. The Morgan fingerprint density at radius 2 is 1.85 bits per heavy atom. The van der Waals surface area contributed by atoms with Crippen LogP contribution < -0.4 is 11.3 Å². The van der Waals surface area contributed by atoms with E-state index in [2.05, 4.69) is 16.0 Å². The highest BCUT2D eigenvalue weighted by Gasteiger charge is 2.08. The summed E-state index contributed by atoms with van der Waals surface area (Å²) >= 11 is 0. The first-order valence-corrected chi connectivity index (χ1v) is 8.21. The summed E-state index contributed by atoms with van der Waals surface area (Å²) in [6.45, 7) is 1.60. The molecular formula is C20H19N3O3. The van der Waals surface area contributed by atoms with Gasteiger partial charge in [-0.2, -0.15) is 0 Å². The Hall–Kier alpha value is -3.54. The van der Waals surface area contributed by atoms with Gasteiger partial charge in [-0.1, -0.05) is 31.2 Å². The van der Waals surface area contributed by atoms with Crippen molar-refractivity contribution < 1.29 is 9.90 Å². The number of carboxylic acids is 1. The number of aromatic nitrogens is 2. The molecular weight excluding hydrogens is 330 g/mol. The second kappa shape index (κ2) is 7.14. The highest BCUT2D eigenvalue weighted by molar-refractivity contribution is 6.05. The molecule has 0 saturated carbocycles. The minimum Gasteiger partial charge on any atom is -0.481 e. The fraction of sp³-hybridized carbons (Fsp3) is 0.100. The second-order valence-electron chi connectivity index (χ2n) is 5.82. The summed E-state index contributed by atoms with van der Waals surface area (Å²) in [4.78, 5) is 27.2. The lowest BCUT2D eigenvalue weighted by atomic mass is 10.0. The van der Waals surface area contributed by atoms with Crippen LogP contribution in [0.1, 0.15) is 13.3 Å². The Morgan fingerprint density at radius 3 is 2.54 bits per heavy atom. The van der Waals surface area contributed by atoms with E-state index in [1.165, 1.54) is 0 Å². The van der Waals surface area contributed by atoms with Gasteiger partial charge < -0.3 is 20.8 Å². The number of hydrogen-bond acceptors (Lipinski definition) is 3. The summed E-state index contributed by atoms with van der Waals surface area (Å²) in [7, 11) is 0. The summed E-state index contributed by atoms with van der Waals surface area (Å²) in [6, 6.07) is 15.6. The molecule has 2 aromatic carbocycles. The highest BCUT2D eigenvalue weighted by atomic mass is 16.4. The third-order valence-corrected chi connectivity index (χ3v) is 4.11. The maximum atomic E-state index is 12.0. The lowest BCUT2D eigenvalue weighted by molar-refractivity contribution is -0.136. The number of pyridine rings is 1. The number of hydrogen-bond donors (Lipinski definition) is 4. The van der Waals surface area contributed by atoms with Crippen LogP contribution in [-0.4, -0.2) is 21.0 Å². The molecule has 0 amide bonds. The number of aromatic amines is 2. The molecule has 0 saturated heterocycles. The van der Waals surface area contributed by atoms with Gasteiger partial charge in [0, 0.05) is 40.2 Å². The number of carbonyl (C=O) groups is 1. The number of benzene rings is 2. The van der Waals surface area contributed by atoms with Gasteiger partial charge >= 0.3 is 5.97 Å². The Labute approximate surface area is 149 Å². The molecule has 132 valence electrons. The molecule has 0 aliphatic carbocycles. The highest BCUT2D eigenvalue weighted by Crippen LogP contribution is 2.30. The molecule has 0 radical (unpaired) electrons. The summed E-state index contributed by atoms with van der Waals surface area (Å²) in [5.74, 6) is -0.745. The first kappa shape index (κ1) is 17.3. The van der Waals surface area contributed by atoms with Crippen LogP contribution in [0.15, 0.2) is 59.5 Å².